The Morgan fingerprint density at radius 3 is 2.60 bits per heavy atom. The zero-order valence-electron chi connectivity index (χ0n) is 17.1. The highest BCUT2D eigenvalue weighted by atomic mass is 16.5. The Bertz CT molecular complexity index is 1010. The monoisotopic (exact) mass is 406 g/mol. The summed E-state index contributed by atoms with van der Waals surface area (Å²) in [7, 11) is 0. The Morgan fingerprint density at radius 1 is 1.17 bits per heavy atom. The van der Waals surface area contributed by atoms with Gasteiger partial charge in [-0.2, -0.15) is 0 Å². The highest BCUT2D eigenvalue weighted by Gasteiger charge is 2.13. The summed E-state index contributed by atoms with van der Waals surface area (Å²) >= 11 is 0. The summed E-state index contributed by atoms with van der Waals surface area (Å²) in [5, 5.41) is 11.1. The predicted octanol–water partition coefficient (Wildman–Crippen LogP) is 4.24. The molecule has 0 radical (unpaired) electrons. The van der Waals surface area contributed by atoms with Gasteiger partial charge in [-0.3, -0.25) is 15.5 Å². The fourth-order valence-corrected chi connectivity index (χ4v) is 2.63. The highest BCUT2D eigenvalue weighted by Crippen LogP contribution is 2.20. The summed E-state index contributed by atoms with van der Waals surface area (Å²) in [6.07, 6.45) is 6.09. The van der Waals surface area contributed by atoms with Gasteiger partial charge < -0.3 is 16.2 Å². The standard InChI is InChI=1S/C23H26N4O3/c1-3-5-7-15(4-2)14-30-23(29)27-18-9-6-8-16(12-18)21(25)19-13-17(22(26)28)10-11-20(19)24/h4-13,25H,3,14,24H2,1-2H3,(H2,26,28)(H,27,29)/b7-5-,15-4+,25-21?. The third kappa shape index (κ3) is 6.07. The molecule has 2 amide bonds. The molecule has 0 atom stereocenters. The molecule has 30 heavy (non-hydrogen) atoms. The summed E-state index contributed by atoms with van der Waals surface area (Å²) in [5.74, 6) is -0.600. The molecule has 0 saturated carbocycles. The van der Waals surface area contributed by atoms with E-state index in [1.54, 1.807) is 24.3 Å². The molecule has 0 spiro atoms. The number of nitrogens with one attached hydrogen (secondary N) is 2. The van der Waals surface area contributed by atoms with Crippen LogP contribution in [0.1, 0.15) is 41.8 Å². The number of nitrogen functional groups attached to an aromatic ring is 1. The Balaban J connectivity index is 2.12. The fraction of sp³-hybridized carbons (Fsp3) is 0.174. The number of nitrogens with two attached hydrogens (primary N) is 2. The van der Waals surface area contributed by atoms with Crippen LogP contribution in [0.25, 0.3) is 0 Å². The smallest absolute Gasteiger partial charge is 0.411 e. The highest BCUT2D eigenvalue weighted by molar-refractivity contribution is 6.15. The van der Waals surface area contributed by atoms with Crippen molar-refractivity contribution in [3.8, 4) is 0 Å². The van der Waals surface area contributed by atoms with Crippen LogP contribution in [0.3, 0.4) is 0 Å². The summed E-state index contributed by atoms with van der Waals surface area (Å²) in [5.41, 5.74) is 14.3. The van der Waals surface area contributed by atoms with Crippen molar-refractivity contribution in [3.05, 3.63) is 83.0 Å². The number of ether oxygens (including phenoxy) is 1. The average molecular weight is 406 g/mol. The zero-order valence-corrected chi connectivity index (χ0v) is 17.1. The first-order valence-electron chi connectivity index (χ1n) is 9.49. The minimum Gasteiger partial charge on any atom is -0.444 e. The lowest BCUT2D eigenvalue weighted by atomic mass is 9.98. The Labute approximate surface area is 175 Å². The van der Waals surface area contributed by atoms with Gasteiger partial charge in [-0.25, -0.2) is 4.79 Å². The molecule has 0 heterocycles. The van der Waals surface area contributed by atoms with Crippen molar-refractivity contribution in [2.45, 2.75) is 20.3 Å². The van der Waals surface area contributed by atoms with Gasteiger partial charge in [0.25, 0.3) is 0 Å². The van der Waals surface area contributed by atoms with Gasteiger partial charge in [0.05, 0.1) is 5.71 Å². The number of hydrogen-bond acceptors (Lipinski definition) is 5. The van der Waals surface area contributed by atoms with Gasteiger partial charge in [-0.1, -0.05) is 37.3 Å². The molecule has 0 unspecified atom stereocenters. The number of benzene rings is 2. The lowest BCUT2D eigenvalue weighted by molar-refractivity contribution is 0.1000. The van der Waals surface area contributed by atoms with Crippen LogP contribution in [0.5, 0.6) is 0 Å². The lowest BCUT2D eigenvalue weighted by Crippen LogP contribution is -2.16. The molecule has 7 heteroatoms. The summed E-state index contributed by atoms with van der Waals surface area (Å²) in [4.78, 5) is 23.6. The second kappa shape index (κ2) is 10.6. The number of primary amides is 1. The van der Waals surface area contributed by atoms with E-state index in [0.29, 0.717) is 22.5 Å². The van der Waals surface area contributed by atoms with Crippen LogP contribution in [-0.4, -0.2) is 24.3 Å². The third-order valence-corrected chi connectivity index (χ3v) is 4.31. The van der Waals surface area contributed by atoms with E-state index in [9.17, 15) is 9.59 Å². The quantitative estimate of drug-likeness (QED) is 0.296. The SMILES string of the molecule is C/C=C(\C=C/CC)COC(=O)Nc1cccc(C(=N)c2cc(C(N)=O)ccc2N)c1. The molecular formula is C23H26N4O3. The van der Waals surface area contributed by atoms with E-state index in [1.165, 1.54) is 18.2 Å². The van der Waals surface area contributed by atoms with Gasteiger partial charge in [0.1, 0.15) is 6.61 Å². The molecule has 0 bridgehead atoms. The van der Waals surface area contributed by atoms with Crippen molar-refractivity contribution >= 4 is 29.1 Å². The molecule has 2 aromatic carbocycles. The number of carbonyl (C=O) groups is 2. The molecule has 0 aliphatic rings. The van der Waals surface area contributed by atoms with Gasteiger partial charge in [-0.15, -0.1) is 0 Å². The Kier molecular flexibility index (Phi) is 7.93. The number of allylic oxidation sites excluding steroid dienone is 2. The van der Waals surface area contributed by atoms with Gasteiger partial charge in [0.2, 0.25) is 5.91 Å². The lowest BCUT2D eigenvalue weighted by Gasteiger charge is -2.12. The summed E-state index contributed by atoms with van der Waals surface area (Å²) in [6.45, 7) is 4.06. The van der Waals surface area contributed by atoms with E-state index in [-0.39, 0.29) is 17.9 Å². The zero-order chi connectivity index (χ0) is 22.1. The molecule has 0 fully saturated rings. The van der Waals surface area contributed by atoms with Gasteiger partial charge >= 0.3 is 6.09 Å². The Morgan fingerprint density at radius 2 is 1.93 bits per heavy atom. The number of anilines is 2. The molecule has 2 aromatic rings. The number of rotatable bonds is 8. The van der Waals surface area contributed by atoms with Crippen LogP contribution in [0.2, 0.25) is 0 Å². The molecule has 0 aliphatic carbocycles. The maximum Gasteiger partial charge on any atom is 0.411 e. The first-order valence-corrected chi connectivity index (χ1v) is 9.49. The van der Waals surface area contributed by atoms with E-state index in [4.69, 9.17) is 21.6 Å². The predicted molar refractivity (Wildman–Crippen MR) is 120 cm³/mol. The number of amides is 2. The topological polar surface area (TPSA) is 131 Å². The third-order valence-electron chi connectivity index (χ3n) is 4.31. The maximum absolute atomic E-state index is 12.1. The van der Waals surface area contributed by atoms with Crippen molar-refractivity contribution in [2.24, 2.45) is 5.73 Å². The van der Waals surface area contributed by atoms with E-state index in [1.807, 2.05) is 32.1 Å². The molecule has 0 aliphatic heterocycles. The van der Waals surface area contributed by atoms with Crippen LogP contribution in [0.15, 0.2) is 66.3 Å². The van der Waals surface area contributed by atoms with Crippen molar-refractivity contribution in [1.82, 2.24) is 0 Å². The van der Waals surface area contributed by atoms with Crippen LogP contribution >= 0.6 is 0 Å². The first-order chi connectivity index (χ1) is 14.3. The average Bonchev–Trinajstić information content (AvgIpc) is 2.73. The number of carbonyl (C=O) groups excluding carboxylic acids is 2. The van der Waals surface area contributed by atoms with Crippen LogP contribution < -0.4 is 16.8 Å². The van der Waals surface area contributed by atoms with Crippen LogP contribution in [-0.2, 0) is 4.74 Å². The van der Waals surface area contributed by atoms with E-state index >= 15 is 0 Å². The second-order valence-corrected chi connectivity index (χ2v) is 6.50. The van der Waals surface area contributed by atoms with E-state index in [0.717, 1.165) is 12.0 Å². The molecular weight excluding hydrogens is 380 g/mol. The van der Waals surface area contributed by atoms with Crippen LogP contribution in [0, 0.1) is 5.41 Å². The minimum atomic E-state index is -0.600. The molecule has 7 nitrogen and oxygen atoms in total. The summed E-state index contributed by atoms with van der Waals surface area (Å²) < 4.78 is 5.25. The second-order valence-electron chi connectivity index (χ2n) is 6.50. The molecule has 0 aromatic heterocycles. The van der Waals surface area contributed by atoms with Crippen molar-refractivity contribution in [1.29, 1.82) is 5.41 Å². The molecule has 2 rings (SSSR count). The fourth-order valence-electron chi connectivity index (χ4n) is 2.63. The van der Waals surface area contributed by atoms with E-state index < -0.39 is 12.0 Å². The van der Waals surface area contributed by atoms with Crippen molar-refractivity contribution in [3.63, 3.8) is 0 Å². The Hall–Kier alpha value is -3.87. The summed E-state index contributed by atoms with van der Waals surface area (Å²) in [6, 6.07) is 11.3. The van der Waals surface area contributed by atoms with Gasteiger partial charge in [0, 0.05) is 28.1 Å². The van der Waals surface area contributed by atoms with Gasteiger partial charge in [-0.05, 0) is 49.2 Å². The van der Waals surface area contributed by atoms with Crippen LogP contribution in [0.4, 0.5) is 16.2 Å². The number of hydrogen-bond donors (Lipinski definition) is 4. The molecule has 156 valence electrons. The van der Waals surface area contributed by atoms with Crippen molar-refractivity contribution in [2.75, 3.05) is 17.7 Å². The van der Waals surface area contributed by atoms with E-state index in [2.05, 4.69) is 5.32 Å². The first kappa shape index (κ1) is 22.4. The molecule has 0 saturated heterocycles. The molecule has 6 N–H and O–H groups in total. The largest absolute Gasteiger partial charge is 0.444 e. The normalized spacial score (nSPS) is 11.3. The maximum atomic E-state index is 12.1. The van der Waals surface area contributed by atoms with Gasteiger partial charge in [0.15, 0.2) is 0 Å². The minimum absolute atomic E-state index is 0.105. The van der Waals surface area contributed by atoms with Crippen molar-refractivity contribution < 1.29 is 14.3 Å².